The fourth-order valence-electron chi connectivity index (χ4n) is 4.71. The van der Waals surface area contributed by atoms with Crippen molar-refractivity contribution in [3.8, 4) is 0 Å². The Kier molecular flexibility index (Phi) is 3.82. The summed E-state index contributed by atoms with van der Waals surface area (Å²) in [7, 11) is 0. The first kappa shape index (κ1) is 17.1. The number of benzene rings is 1. The van der Waals surface area contributed by atoms with Gasteiger partial charge in [0.1, 0.15) is 6.54 Å². The van der Waals surface area contributed by atoms with Crippen molar-refractivity contribution < 1.29 is 27.6 Å². The van der Waals surface area contributed by atoms with E-state index in [4.69, 9.17) is 0 Å². The predicted molar refractivity (Wildman–Crippen MR) is 84.6 cm³/mol. The van der Waals surface area contributed by atoms with E-state index in [1.807, 2.05) is 0 Å². The lowest BCUT2D eigenvalue weighted by Crippen LogP contribution is -2.39. The van der Waals surface area contributed by atoms with Crippen molar-refractivity contribution in [2.45, 2.75) is 25.4 Å². The first-order valence-electron chi connectivity index (χ1n) is 8.58. The van der Waals surface area contributed by atoms with Gasteiger partial charge in [-0.05, 0) is 55.4 Å². The van der Waals surface area contributed by atoms with Crippen LogP contribution in [0.3, 0.4) is 0 Å². The molecule has 3 fully saturated rings. The van der Waals surface area contributed by atoms with Gasteiger partial charge in [-0.2, -0.15) is 13.2 Å². The molecule has 1 N–H and O–H groups in total. The van der Waals surface area contributed by atoms with Gasteiger partial charge in [-0.1, -0.05) is 0 Å². The maximum absolute atomic E-state index is 12.6. The number of anilines is 1. The van der Waals surface area contributed by atoms with Crippen molar-refractivity contribution in [3.63, 3.8) is 0 Å². The second kappa shape index (κ2) is 5.82. The van der Waals surface area contributed by atoms with Gasteiger partial charge in [-0.3, -0.25) is 19.3 Å². The highest BCUT2D eigenvalue weighted by atomic mass is 19.4. The molecule has 1 aliphatic heterocycles. The van der Waals surface area contributed by atoms with Crippen LogP contribution >= 0.6 is 0 Å². The summed E-state index contributed by atoms with van der Waals surface area (Å²) >= 11 is 0. The zero-order chi connectivity index (χ0) is 18.6. The molecule has 1 aromatic rings. The minimum atomic E-state index is -4.45. The summed E-state index contributed by atoms with van der Waals surface area (Å²) in [5.41, 5.74) is -0.633. The van der Waals surface area contributed by atoms with Crippen LogP contribution in [0.15, 0.2) is 24.3 Å². The molecule has 3 amide bonds. The number of likely N-dealkylation sites (tertiary alicyclic amines) is 1. The molecule has 2 bridgehead atoms. The van der Waals surface area contributed by atoms with Crippen molar-refractivity contribution in [1.29, 1.82) is 0 Å². The second-order valence-corrected chi connectivity index (χ2v) is 7.27. The average Bonchev–Trinajstić information content (AvgIpc) is 3.24. The SMILES string of the molecule is O=C(CN1C(=O)C2C3CCC(C3)C2C1=O)Nc1ccc(C(F)(F)F)cc1. The number of nitrogens with one attached hydrogen (secondary N) is 1. The maximum Gasteiger partial charge on any atom is 0.416 e. The molecule has 1 heterocycles. The number of carbonyl (C=O) groups excluding carboxylic acids is 3. The molecular formula is C18H17F3N2O3. The number of rotatable bonds is 3. The third-order valence-corrected chi connectivity index (χ3v) is 5.82. The number of fused-ring (bicyclic) bond motifs is 5. The number of nitrogens with zero attached hydrogens (tertiary/aromatic N) is 1. The van der Waals surface area contributed by atoms with Crippen LogP contribution < -0.4 is 5.32 Å². The summed E-state index contributed by atoms with van der Waals surface area (Å²) in [6, 6.07) is 4.01. The van der Waals surface area contributed by atoms with Crippen molar-refractivity contribution in [1.82, 2.24) is 4.90 Å². The zero-order valence-electron chi connectivity index (χ0n) is 13.8. The van der Waals surface area contributed by atoms with Crippen molar-refractivity contribution in [2.75, 3.05) is 11.9 Å². The van der Waals surface area contributed by atoms with Gasteiger partial charge in [0.25, 0.3) is 0 Å². The Bertz CT molecular complexity index is 747. The van der Waals surface area contributed by atoms with Gasteiger partial charge >= 0.3 is 6.18 Å². The Morgan fingerprint density at radius 3 is 2.08 bits per heavy atom. The predicted octanol–water partition coefficient (Wildman–Crippen LogP) is 2.68. The normalized spacial score (nSPS) is 30.0. The first-order valence-corrected chi connectivity index (χ1v) is 8.58. The molecule has 4 rings (SSSR count). The minimum absolute atomic E-state index is 0.183. The highest BCUT2D eigenvalue weighted by Crippen LogP contribution is 2.56. The summed E-state index contributed by atoms with van der Waals surface area (Å²) in [6.45, 7) is -0.398. The molecule has 2 saturated carbocycles. The molecule has 1 saturated heterocycles. The lowest BCUT2D eigenvalue weighted by atomic mass is 9.81. The monoisotopic (exact) mass is 366 g/mol. The van der Waals surface area contributed by atoms with Crippen molar-refractivity contribution >= 4 is 23.4 Å². The third-order valence-electron chi connectivity index (χ3n) is 5.82. The molecule has 3 aliphatic rings. The topological polar surface area (TPSA) is 66.5 Å². The maximum atomic E-state index is 12.6. The molecule has 0 radical (unpaired) electrons. The fourth-order valence-corrected chi connectivity index (χ4v) is 4.71. The minimum Gasteiger partial charge on any atom is -0.325 e. The second-order valence-electron chi connectivity index (χ2n) is 7.27. The molecule has 1 aromatic carbocycles. The zero-order valence-corrected chi connectivity index (χ0v) is 13.8. The van der Waals surface area contributed by atoms with Crippen molar-refractivity contribution in [2.24, 2.45) is 23.7 Å². The van der Waals surface area contributed by atoms with Crippen molar-refractivity contribution in [3.05, 3.63) is 29.8 Å². The number of alkyl halides is 3. The van der Waals surface area contributed by atoms with Gasteiger partial charge in [-0.15, -0.1) is 0 Å². The molecule has 4 unspecified atom stereocenters. The number of carbonyl (C=O) groups is 3. The van der Waals surface area contributed by atoms with E-state index in [0.29, 0.717) is 0 Å². The Morgan fingerprint density at radius 2 is 1.58 bits per heavy atom. The number of halogens is 3. The van der Waals surface area contributed by atoms with Crippen LogP contribution in [0.4, 0.5) is 18.9 Å². The van der Waals surface area contributed by atoms with Crippen LogP contribution in [0.2, 0.25) is 0 Å². The highest BCUT2D eigenvalue weighted by Gasteiger charge is 2.60. The summed E-state index contributed by atoms with van der Waals surface area (Å²) in [6.07, 6.45) is -1.63. The summed E-state index contributed by atoms with van der Waals surface area (Å²) in [5, 5.41) is 2.44. The van der Waals surface area contributed by atoms with E-state index in [-0.39, 0.29) is 41.2 Å². The molecule has 2 aliphatic carbocycles. The summed E-state index contributed by atoms with van der Waals surface area (Å²) in [5.74, 6) is -1.27. The molecule has 0 spiro atoms. The molecular weight excluding hydrogens is 349 g/mol. The third kappa shape index (κ3) is 2.68. The lowest BCUT2D eigenvalue weighted by Gasteiger charge is -2.19. The van der Waals surface area contributed by atoms with E-state index >= 15 is 0 Å². The van der Waals surface area contributed by atoms with Gasteiger partial charge in [0.2, 0.25) is 17.7 Å². The van der Waals surface area contributed by atoms with Gasteiger partial charge in [-0.25, -0.2) is 0 Å². The van der Waals surface area contributed by atoms with E-state index in [1.165, 1.54) is 0 Å². The Labute approximate surface area is 147 Å². The van der Waals surface area contributed by atoms with Gasteiger partial charge < -0.3 is 5.32 Å². The average molecular weight is 366 g/mol. The van der Waals surface area contributed by atoms with Crippen LogP contribution in [-0.4, -0.2) is 29.2 Å². The molecule has 0 aromatic heterocycles. The summed E-state index contributed by atoms with van der Waals surface area (Å²) in [4.78, 5) is 38.2. The quantitative estimate of drug-likeness (QED) is 0.837. The first-order chi connectivity index (χ1) is 12.3. The van der Waals surface area contributed by atoms with E-state index in [0.717, 1.165) is 48.4 Å². The van der Waals surface area contributed by atoms with Crippen LogP contribution in [0.25, 0.3) is 0 Å². The number of hydrogen-bond donors (Lipinski definition) is 1. The molecule has 138 valence electrons. The Balaban J connectivity index is 1.41. The van der Waals surface area contributed by atoms with E-state index in [2.05, 4.69) is 5.32 Å². The molecule has 26 heavy (non-hydrogen) atoms. The van der Waals surface area contributed by atoms with Gasteiger partial charge in [0.05, 0.1) is 17.4 Å². The van der Waals surface area contributed by atoms with E-state index in [9.17, 15) is 27.6 Å². The number of imide groups is 1. The smallest absolute Gasteiger partial charge is 0.325 e. The number of hydrogen-bond acceptors (Lipinski definition) is 3. The fraction of sp³-hybridized carbons (Fsp3) is 0.500. The Morgan fingerprint density at radius 1 is 1.04 bits per heavy atom. The largest absolute Gasteiger partial charge is 0.416 e. The van der Waals surface area contributed by atoms with E-state index < -0.39 is 24.2 Å². The standard InChI is InChI=1S/C18H17F3N2O3/c19-18(20,21)11-3-5-12(6-4-11)22-13(24)8-23-16(25)14-9-1-2-10(7-9)15(14)17(23)26/h3-6,9-10,14-15H,1-2,7-8H2,(H,22,24). The van der Waals surface area contributed by atoms with Crippen LogP contribution in [0, 0.1) is 23.7 Å². The van der Waals surface area contributed by atoms with Gasteiger partial charge in [0.15, 0.2) is 0 Å². The van der Waals surface area contributed by atoms with Crippen LogP contribution in [0.5, 0.6) is 0 Å². The highest BCUT2D eigenvalue weighted by molar-refractivity contribution is 6.09. The van der Waals surface area contributed by atoms with E-state index in [1.54, 1.807) is 0 Å². The number of amides is 3. The summed E-state index contributed by atoms with van der Waals surface area (Å²) < 4.78 is 37.7. The van der Waals surface area contributed by atoms with Crippen LogP contribution in [-0.2, 0) is 20.6 Å². The van der Waals surface area contributed by atoms with Gasteiger partial charge in [0, 0.05) is 5.69 Å². The molecule has 8 heteroatoms. The molecule has 4 atom stereocenters. The van der Waals surface area contributed by atoms with Crippen LogP contribution in [0.1, 0.15) is 24.8 Å². The molecule has 5 nitrogen and oxygen atoms in total. The lowest BCUT2D eigenvalue weighted by molar-refractivity contribution is -0.143. The Hall–Kier alpha value is -2.38.